The number of aromatic nitrogens is 2. The van der Waals surface area contributed by atoms with Crippen LogP contribution in [0.5, 0.6) is 0 Å². The van der Waals surface area contributed by atoms with Gasteiger partial charge in [-0.1, -0.05) is 37.5 Å². The van der Waals surface area contributed by atoms with Crippen LogP contribution in [0.1, 0.15) is 58.6 Å². The summed E-state index contributed by atoms with van der Waals surface area (Å²) in [7, 11) is 1.82. The molecule has 0 aromatic carbocycles. The van der Waals surface area contributed by atoms with E-state index in [1.807, 2.05) is 13.2 Å². The molecular weight excluding hydrogens is 362 g/mol. The molecule has 0 saturated heterocycles. The molecule has 2 heterocycles. The fraction of sp³-hybridized carbons (Fsp3) is 0.421. The quantitative estimate of drug-likeness (QED) is 0.559. The van der Waals surface area contributed by atoms with Crippen molar-refractivity contribution < 1.29 is 9.59 Å². The second-order valence-corrected chi connectivity index (χ2v) is 7.71. The normalized spacial score (nSPS) is 14.7. The van der Waals surface area contributed by atoms with Crippen LogP contribution in [-0.2, 0) is 7.05 Å². The molecule has 0 atom stereocenters. The minimum Gasteiger partial charge on any atom is -0.351 e. The Bertz CT molecular complexity index is 882. The molecule has 142 valence electrons. The molecule has 3 amide bonds. The van der Waals surface area contributed by atoms with Crippen LogP contribution < -0.4 is 16.4 Å². The zero-order valence-corrected chi connectivity index (χ0v) is 16.1. The van der Waals surface area contributed by atoms with Crippen molar-refractivity contribution in [3.8, 4) is 11.8 Å². The third kappa shape index (κ3) is 5.34. The number of nitrogens with one attached hydrogen (secondary N) is 2. The van der Waals surface area contributed by atoms with E-state index < -0.39 is 6.03 Å². The van der Waals surface area contributed by atoms with E-state index in [1.165, 1.54) is 24.2 Å². The highest BCUT2D eigenvalue weighted by molar-refractivity contribution is 7.15. The van der Waals surface area contributed by atoms with Gasteiger partial charge in [0.15, 0.2) is 0 Å². The molecule has 0 unspecified atom stereocenters. The number of urea groups is 1. The minimum absolute atomic E-state index is 0.174. The van der Waals surface area contributed by atoms with Gasteiger partial charge in [0.2, 0.25) is 0 Å². The molecule has 27 heavy (non-hydrogen) atoms. The summed E-state index contributed by atoms with van der Waals surface area (Å²) in [5, 5.41) is 9.70. The molecule has 1 aliphatic carbocycles. The molecule has 0 bridgehead atoms. The van der Waals surface area contributed by atoms with E-state index in [1.54, 1.807) is 16.9 Å². The van der Waals surface area contributed by atoms with Gasteiger partial charge in [-0.3, -0.25) is 9.48 Å². The smallest absolute Gasteiger partial charge is 0.316 e. The predicted molar refractivity (Wildman–Crippen MR) is 106 cm³/mol. The van der Waals surface area contributed by atoms with Crippen molar-refractivity contribution in [1.82, 2.24) is 15.1 Å². The summed E-state index contributed by atoms with van der Waals surface area (Å²) in [5.74, 6) is 5.84. The van der Waals surface area contributed by atoms with E-state index in [2.05, 4.69) is 27.6 Å². The minimum atomic E-state index is -0.705. The number of anilines is 1. The van der Waals surface area contributed by atoms with Gasteiger partial charge < -0.3 is 16.4 Å². The van der Waals surface area contributed by atoms with Crippen LogP contribution in [0.15, 0.2) is 18.5 Å². The summed E-state index contributed by atoms with van der Waals surface area (Å²) < 4.78 is 1.67. The van der Waals surface area contributed by atoms with Crippen LogP contribution in [0.3, 0.4) is 0 Å². The van der Waals surface area contributed by atoms with Crippen LogP contribution in [0.2, 0.25) is 0 Å². The first kappa shape index (κ1) is 19.0. The summed E-state index contributed by atoms with van der Waals surface area (Å²) >= 11 is 1.25. The molecule has 1 saturated carbocycles. The van der Waals surface area contributed by atoms with E-state index in [4.69, 9.17) is 5.73 Å². The zero-order valence-electron chi connectivity index (χ0n) is 15.2. The number of rotatable bonds is 3. The van der Waals surface area contributed by atoms with E-state index >= 15 is 0 Å². The SMILES string of the molecule is Cn1cc(C#Cc2cc(NC(N)=O)c(C(=O)NC3CCCCCC3)s2)cn1. The lowest BCUT2D eigenvalue weighted by Gasteiger charge is -2.16. The van der Waals surface area contributed by atoms with Gasteiger partial charge in [0.25, 0.3) is 5.91 Å². The van der Waals surface area contributed by atoms with Crippen LogP contribution >= 0.6 is 11.3 Å². The van der Waals surface area contributed by atoms with Crippen molar-refractivity contribution in [2.45, 2.75) is 44.6 Å². The van der Waals surface area contributed by atoms with E-state index in [0.717, 1.165) is 31.2 Å². The Kier molecular flexibility index (Phi) is 6.14. The Morgan fingerprint density at radius 2 is 2.00 bits per heavy atom. The molecule has 2 aromatic rings. The molecule has 0 radical (unpaired) electrons. The van der Waals surface area contributed by atoms with E-state index in [9.17, 15) is 9.59 Å². The maximum absolute atomic E-state index is 12.8. The number of hydrogen-bond acceptors (Lipinski definition) is 4. The molecule has 8 heteroatoms. The van der Waals surface area contributed by atoms with Gasteiger partial charge >= 0.3 is 6.03 Å². The highest BCUT2D eigenvalue weighted by Gasteiger charge is 2.21. The van der Waals surface area contributed by atoms with Gasteiger partial charge in [0, 0.05) is 19.3 Å². The second-order valence-electron chi connectivity index (χ2n) is 6.66. The van der Waals surface area contributed by atoms with Crippen molar-refractivity contribution >= 4 is 29.0 Å². The molecule has 1 fully saturated rings. The Balaban J connectivity index is 1.79. The lowest BCUT2D eigenvalue weighted by molar-refractivity contribution is 0.0938. The number of nitrogens with zero attached hydrogens (tertiary/aromatic N) is 2. The van der Waals surface area contributed by atoms with Crippen molar-refractivity contribution in [2.24, 2.45) is 12.8 Å². The summed E-state index contributed by atoms with van der Waals surface area (Å²) in [5.41, 5.74) is 6.43. The molecule has 3 rings (SSSR count). The third-order valence-electron chi connectivity index (χ3n) is 4.42. The first-order chi connectivity index (χ1) is 13.0. The van der Waals surface area contributed by atoms with Crippen molar-refractivity contribution in [1.29, 1.82) is 0 Å². The van der Waals surface area contributed by atoms with Crippen LogP contribution in [0.4, 0.5) is 10.5 Å². The summed E-state index contributed by atoms with van der Waals surface area (Å²) in [6, 6.07) is 1.15. The number of thiophene rings is 1. The molecule has 0 spiro atoms. The summed E-state index contributed by atoms with van der Waals surface area (Å²) in [4.78, 5) is 25.2. The van der Waals surface area contributed by atoms with Crippen LogP contribution in [-0.4, -0.2) is 27.8 Å². The van der Waals surface area contributed by atoms with Gasteiger partial charge in [-0.15, -0.1) is 11.3 Å². The number of carbonyl (C=O) groups excluding carboxylic acids is 2. The maximum Gasteiger partial charge on any atom is 0.316 e. The number of aryl methyl sites for hydroxylation is 1. The number of carbonyl (C=O) groups is 2. The number of amides is 3. The van der Waals surface area contributed by atoms with Gasteiger partial charge in [-0.2, -0.15) is 5.10 Å². The fourth-order valence-electron chi connectivity index (χ4n) is 3.14. The van der Waals surface area contributed by atoms with Gasteiger partial charge in [-0.25, -0.2) is 4.79 Å². The second kappa shape index (κ2) is 8.73. The molecular formula is C19H23N5O2S. The standard InChI is InChI=1S/C19H23N5O2S/c1-24-12-13(11-21-24)8-9-15-10-16(23-19(20)26)17(27-15)18(25)22-14-6-4-2-3-5-7-14/h10-12,14H,2-7H2,1H3,(H,22,25)(H3,20,23,26). The average Bonchev–Trinajstić information content (AvgIpc) is 3.11. The summed E-state index contributed by atoms with van der Waals surface area (Å²) in [6.45, 7) is 0. The maximum atomic E-state index is 12.8. The number of primary amides is 1. The number of hydrogen-bond donors (Lipinski definition) is 3. The molecule has 4 N–H and O–H groups in total. The topological polar surface area (TPSA) is 102 Å². The highest BCUT2D eigenvalue weighted by Crippen LogP contribution is 2.28. The Morgan fingerprint density at radius 1 is 1.26 bits per heavy atom. The highest BCUT2D eigenvalue weighted by atomic mass is 32.1. The molecule has 2 aromatic heterocycles. The fourth-order valence-corrected chi connectivity index (χ4v) is 4.01. The Morgan fingerprint density at radius 3 is 2.63 bits per heavy atom. The van der Waals surface area contributed by atoms with Crippen molar-refractivity contribution in [3.63, 3.8) is 0 Å². The van der Waals surface area contributed by atoms with Crippen molar-refractivity contribution in [3.05, 3.63) is 33.8 Å². The van der Waals surface area contributed by atoms with Gasteiger partial charge in [0.05, 0.1) is 22.3 Å². The number of nitrogens with two attached hydrogens (primary N) is 1. The molecule has 7 nitrogen and oxygen atoms in total. The largest absolute Gasteiger partial charge is 0.351 e. The zero-order chi connectivity index (χ0) is 19.2. The monoisotopic (exact) mass is 385 g/mol. The van der Waals surface area contributed by atoms with Crippen LogP contribution in [0, 0.1) is 11.8 Å². The average molecular weight is 385 g/mol. The van der Waals surface area contributed by atoms with Gasteiger partial charge in [-0.05, 0) is 18.9 Å². The predicted octanol–water partition coefficient (Wildman–Crippen LogP) is 2.82. The van der Waals surface area contributed by atoms with E-state index in [-0.39, 0.29) is 11.9 Å². The molecule has 0 aliphatic heterocycles. The van der Waals surface area contributed by atoms with Crippen LogP contribution in [0.25, 0.3) is 0 Å². The summed E-state index contributed by atoms with van der Waals surface area (Å²) in [6.07, 6.45) is 10.1. The lowest BCUT2D eigenvalue weighted by atomic mass is 10.1. The van der Waals surface area contributed by atoms with Gasteiger partial charge in [0.1, 0.15) is 4.88 Å². The first-order valence-electron chi connectivity index (χ1n) is 9.03. The van der Waals surface area contributed by atoms with Crippen molar-refractivity contribution in [2.75, 3.05) is 5.32 Å². The Labute approximate surface area is 162 Å². The first-order valence-corrected chi connectivity index (χ1v) is 9.85. The van der Waals surface area contributed by atoms with E-state index in [0.29, 0.717) is 15.4 Å². The Hall–Kier alpha value is -2.79. The third-order valence-corrected chi connectivity index (χ3v) is 5.47. The molecule has 1 aliphatic rings. The lowest BCUT2D eigenvalue weighted by Crippen LogP contribution is -2.34.